The number of nitrogens with one attached hydrogen (secondary N) is 3. The summed E-state index contributed by atoms with van der Waals surface area (Å²) < 4.78 is 16.2. The summed E-state index contributed by atoms with van der Waals surface area (Å²) in [7, 11) is 1.44. The van der Waals surface area contributed by atoms with Gasteiger partial charge in [-0.05, 0) is 66.2 Å². The Morgan fingerprint density at radius 3 is 2.42 bits per heavy atom. The Bertz CT molecular complexity index is 1330. The van der Waals surface area contributed by atoms with Gasteiger partial charge in [0.25, 0.3) is 5.91 Å². The Morgan fingerprint density at radius 2 is 1.71 bits per heavy atom. The molecule has 0 atom stereocenters. The van der Waals surface area contributed by atoms with Gasteiger partial charge < -0.3 is 24.8 Å². The molecule has 0 bridgehead atoms. The molecule has 0 spiro atoms. The maximum absolute atomic E-state index is 12.2. The Hall–Kier alpha value is -4.83. The van der Waals surface area contributed by atoms with E-state index in [-0.39, 0.29) is 12.5 Å². The smallest absolute Gasteiger partial charge is 0.329 e. The summed E-state index contributed by atoms with van der Waals surface area (Å²) in [5, 5.41) is 9.45. The highest BCUT2D eigenvalue weighted by atomic mass is 35.5. The van der Waals surface area contributed by atoms with Crippen LogP contribution < -0.4 is 30.3 Å². The monoisotopic (exact) mass is 536 g/mol. The lowest BCUT2D eigenvalue weighted by Crippen LogP contribution is -2.32. The maximum Gasteiger partial charge on any atom is 0.329 e. The normalized spacial score (nSPS) is 10.4. The van der Waals surface area contributed by atoms with E-state index in [1.54, 1.807) is 72.8 Å². The van der Waals surface area contributed by atoms with Crippen molar-refractivity contribution in [1.82, 2.24) is 5.43 Å². The van der Waals surface area contributed by atoms with Crippen molar-refractivity contribution in [3.63, 3.8) is 0 Å². The van der Waals surface area contributed by atoms with E-state index in [0.29, 0.717) is 45.8 Å². The minimum Gasteiger partial charge on any atom is -0.493 e. The van der Waals surface area contributed by atoms with Gasteiger partial charge in [-0.1, -0.05) is 30.3 Å². The summed E-state index contributed by atoms with van der Waals surface area (Å²) in [6.45, 7) is 3.67. The lowest BCUT2D eigenvalue weighted by atomic mass is 10.2. The zero-order chi connectivity index (χ0) is 27.3. The van der Waals surface area contributed by atoms with Crippen molar-refractivity contribution in [3.05, 3.63) is 90.0 Å². The van der Waals surface area contributed by atoms with Gasteiger partial charge in [0.1, 0.15) is 12.4 Å². The molecule has 0 aliphatic rings. The van der Waals surface area contributed by atoms with Crippen molar-refractivity contribution < 1.29 is 28.6 Å². The van der Waals surface area contributed by atoms with Crippen LogP contribution in [0.15, 0.2) is 84.5 Å². The van der Waals surface area contributed by atoms with Crippen LogP contribution in [0.1, 0.15) is 5.56 Å². The van der Waals surface area contributed by atoms with Crippen molar-refractivity contribution in [3.8, 4) is 17.2 Å². The second kappa shape index (κ2) is 14.0. The van der Waals surface area contributed by atoms with E-state index in [4.69, 9.17) is 25.8 Å². The average molecular weight is 537 g/mol. The summed E-state index contributed by atoms with van der Waals surface area (Å²) in [4.78, 5) is 36.3. The van der Waals surface area contributed by atoms with Crippen LogP contribution in [0.4, 0.5) is 11.4 Å². The number of nitrogens with zero attached hydrogens (tertiary/aromatic N) is 1. The molecule has 0 aliphatic heterocycles. The molecule has 10 nitrogen and oxygen atoms in total. The number of hydrogen-bond donors (Lipinski definition) is 3. The van der Waals surface area contributed by atoms with E-state index >= 15 is 0 Å². The molecule has 3 rings (SSSR count). The minimum atomic E-state index is -0.953. The third kappa shape index (κ3) is 8.68. The van der Waals surface area contributed by atoms with E-state index < -0.39 is 11.8 Å². The Morgan fingerprint density at radius 1 is 0.921 bits per heavy atom. The second-order valence-corrected chi connectivity index (χ2v) is 7.97. The van der Waals surface area contributed by atoms with Gasteiger partial charge >= 0.3 is 11.8 Å². The van der Waals surface area contributed by atoms with E-state index in [9.17, 15) is 14.4 Å². The third-order valence-electron chi connectivity index (χ3n) is 4.72. The molecule has 0 radical (unpaired) electrons. The first kappa shape index (κ1) is 27.8. The first-order valence-corrected chi connectivity index (χ1v) is 11.6. The molecule has 3 N–H and O–H groups in total. The largest absolute Gasteiger partial charge is 0.493 e. The Kier molecular flexibility index (Phi) is 10.3. The van der Waals surface area contributed by atoms with Crippen LogP contribution in [0.2, 0.25) is 5.02 Å². The number of carbonyl (C=O) groups excluding carboxylic acids is 3. The van der Waals surface area contributed by atoms with Crippen LogP contribution in [0.3, 0.4) is 0 Å². The molecule has 38 heavy (non-hydrogen) atoms. The summed E-state index contributed by atoms with van der Waals surface area (Å²) in [6, 6.07) is 18.1. The van der Waals surface area contributed by atoms with Crippen LogP contribution in [-0.2, 0) is 14.4 Å². The van der Waals surface area contributed by atoms with Gasteiger partial charge in [0.2, 0.25) is 0 Å². The molecular formula is C27H25ClN4O6. The predicted molar refractivity (Wildman–Crippen MR) is 145 cm³/mol. The van der Waals surface area contributed by atoms with Crippen LogP contribution in [0, 0.1) is 0 Å². The highest BCUT2D eigenvalue weighted by Gasteiger charge is 2.13. The number of halogens is 1. The van der Waals surface area contributed by atoms with Crippen molar-refractivity contribution in [2.24, 2.45) is 5.10 Å². The van der Waals surface area contributed by atoms with Crippen LogP contribution >= 0.6 is 11.6 Å². The molecule has 0 aliphatic carbocycles. The second-order valence-electron chi connectivity index (χ2n) is 7.53. The van der Waals surface area contributed by atoms with E-state index in [1.165, 1.54) is 13.3 Å². The standard InChI is InChI=1S/C27H25ClN4O6/c1-3-13-37-22-10-8-20(9-11-22)31-26(34)27(35)32-29-16-18-7-12-23(24(14-18)36-2)38-17-25(33)30-21-6-4-5-19(28)15-21/h3-12,14-16H,1,13,17H2,2H3,(H,30,33)(H,31,34)(H,32,35)/b29-16-. The maximum atomic E-state index is 12.2. The average Bonchev–Trinajstić information content (AvgIpc) is 2.91. The van der Waals surface area contributed by atoms with E-state index in [1.807, 2.05) is 0 Å². The quantitative estimate of drug-likeness (QED) is 0.147. The fourth-order valence-electron chi connectivity index (χ4n) is 2.98. The molecule has 11 heteroatoms. The SMILES string of the molecule is C=CCOc1ccc(NC(=O)C(=O)N/N=C\c2ccc(OCC(=O)Nc3cccc(Cl)c3)c(OC)c2)cc1. The number of hydrogen-bond acceptors (Lipinski definition) is 7. The number of methoxy groups -OCH3 is 1. The lowest BCUT2D eigenvalue weighted by molar-refractivity contribution is -0.136. The fraction of sp³-hybridized carbons (Fsp3) is 0.111. The zero-order valence-corrected chi connectivity index (χ0v) is 21.2. The number of anilines is 2. The van der Waals surface area contributed by atoms with Crippen molar-refractivity contribution in [1.29, 1.82) is 0 Å². The first-order valence-electron chi connectivity index (χ1n) is 11.2. The molecule has 196 valence electrons. The summed E-state index contributed by atoms with van der Waals surface area (Å²) in [6.07, 6.45) is 2.94. The van der Waals surface area contributed by atoms with Gasteiger partial charge in [0.15, 0.2) is 18.1 Å². The third-order valence-corrected chi connectivity index (χ3v) is 4.96. The Balaban J connectivity index is 1.49. The minimum absolute atomic E-state index is 0.258. The zero-order valence-electron chi connectivity index (χ0n) is 20.4. The molecule has 3 aromatic carbocycles. The van der Waals surface area contributed by atoms with Crippen molar-refractivity contribution in [2.75, 3.05) is 31.0 Å². The Labute approximate surface area is 224 Å². The molecule has 3 amide bonds. The van der Waals surface area contributed by atoms with E-state index in [0.717, 1.165) is 0 Å². The van der Waals surface area contributed by atoms with Gasteiger partial charge in [-0.15, -0.1) is 0 Å². The molecule has 0 saturated carbocycles. The number of benzene rings is 3. The summed E-state index contributed by atoms with van der Waals surface area (Å²) in [5.41, 5.74) is 3.67. The molecule has 0 aromatic heterocycles. The van der Waals surface area contributed by atoms with Gasteiger partial charge in [-0.3, -0.25) is 14.4 Å². The molecule has 0 unspecified atom stereocenters. The van der Waals surface area contributed by atoms with Gasteiger partial charge in [-0.25, -0.2) is 5.43 Å². The van der Waals surface area contributed by atoms with Gasteiger partial charge in [0, 0.05) is 16.4 Å². The topological polar surface area (TPSA) is 127 Å². The number of carbonyl (C=O) groups is 3. The van der Waals surface area contributed by atoms with Gasteiger partial charge in [0.05, 0.1) is 13.3 Å². The number of ether oxygens (including phenoxy) is 3. The van der Waals surface area contributed by atoms with E-state index in [2.05, 4.69) is 27.7 Å². The number of rotatable bonds is 11. The molecule has 0 fully saturated rings. The molecule has 0 heterocycles. The highest BCUT2D eigenvalue weighted by molar-refractivity contribution is 6.39. The lowest BCUT2D eigenvalue weighted by Gasteiger charge is -2.11. The highest BCUT2D eigenvalue weighted by Crippen LogP contribution is 2.27. The van der Waals surface area contributed by atoms with Crippen molar-refractivity contribution >= 4 is 46.9 Å². The first-order chi connectivity index (χ1) is 18.4. The van der Waals surface area contributed by atoms with Gasteiger partial charge in [-0.2, -0.15) is 5.10 Å². The van der Waals surface area contributed by atoms with Crippen LogP contribution in [-0.4, -0.2) is 44.3 Å². The molecule has 3 aromatic rings. The van der Waals surface area contributed by atoms with Crippen LogP contribution in [0.25, 0.3) is 0 Å². The number of amides is 3. The summed E-state index contributed by atoms with van der Waals surface area (Å²) in [5.74, 6) is -0.947. The van der Waals surface area contributed by atoms with Crippen LogP contribution in [0.5, 0.6) is 17.2 Å². The molecular weight excluding hydrogens is 512 g/mol. The predicted octanol–water partition coefficient (Wildman–Crippen LogP) is 4.02. The molecule has 0 saturated heterocycles. The van der Waals surface area contributed by atoms with Crippen molar-refractivity contribution in [2.45, 2.75) is 0 Å². The number of hydrazone groups is 1. The fourth-order valence-corrected chi connectivity index (χ4v) is 3.17. The summed E-state index contributed by atoms with van der Waals surface area (Å²) >= 11 is 5.92.